The van der Waals surface area contributed by atoms with Crippen molar-refractivity contribution in [2.24, 2.45) is 11.8 Å². The molecule has 5 atom stereocenters. The second-order valence-corrected chi connectivity index (χ2v) is 10.6. The molecule has 0 radical (unpaired) electrons. The zero-order chi connectivity index (χ0) is 25.3. The molecule has 1 aromatic carbocycles. The molecule has 2 N–H and O–H groups in total. The molecule has 3 amide bonds. The van der Waals surface area contributed by atoms with E-state index in [0.717, 1.165) is 25.7 Å². The number of fused-ring (bicyclic) bond motifs is 1. The van der Waals surface area contributed by atoms with Crippen LogP contribution >= 0.6 is 11.6 Å². The molecule has 5 rings (SSSR count). The van der Waals surface area contributed by atoms with Gasteiger partial charge >= 0.3 is 0 Å². The molecule has 3 aliphatic heterocycles. The molecule has 194 valence electrons. The average molecular weight is 516 g/mol. The third-order valence-corrected chi connectivity index (χ3v) is 8.13. The van der Waals surface area contributed by atoms with Gasteiger partial charge in [-0.15, -0.1) is 0 Å². The molecule has 1 saturated carbocycles. The van der Waals surface area contributed by atoms with E-state index in [9.17, 15) is 14.4 Å². The summed E-state index contributed by atoms with van der Waals surface area (Å²) >= 11 is 5.97. The van der Waals surface area contributed by atoms with E-state index in [0.29, 0.717) is 36.9 Å². The van der Waals surface area contributed by atoms with Crippen LogP contribution in [0.3, 0.4) is 0 Å². The first-order valence-electron chi connectivity index (χ1n) is 13.1. The third-order valence-electron chi connectivity index (χ3n) is 7.88. The molecule has 3 fully saturated rings. The fourth-order valence-electron chi connectivity index (χ4n) is 6.27. The van der Waals surface area contributed by atoms with E-state index in [1.807, 2.05) is 19.1 Å². The number of carbonyl (C=O) groups is 3. The summed E-state index contributed by atoms with van der Waals surface area (Å²) in [7, 11) is 0. The van der Waals surface area contributed by atoms with Crippen molar-refractivity contribution in [1.29, 1.82) is 0 Å². The summed E-state index contributed by atoms with van der Waals surface area (Å²) in [5.41, 5.74) is -0.551. The predicted octanol–water partition coefficient (Wildman–Crippen LogP) is 3.30. The lowest BCUT2D eigenvalue weighted by atomic mass is 9.74. The van der Waals surface area contributed by atoms with Crippen LogP contribution in [0.4, 0.5) is 5.69 Å². The third kappa shape index (κ3) is 4.55. The Kier molecular flexibility index (Phi) is 7.37. The van der Waals surface area contributed by atoms with Crippen molar-refractivity contribution in [3.05, 3.63) is 41.4 Å². The number of rotatable bonds is 9. The van der Waals surface area contributed by atoms with Gasteiger partial charge in [-0.3, -0.25) is 14.4 Å². The minimum atomic E-state index is -1.14. The van der Waals surface area contributed by atoms with Gasteiger partial charge in [0.25, 0.3) is 0 Å². The smallest absolute Gasteiger partial charge is 0.246 e. The van der Waals surface area contributed by atoms with Gasteiger partial charge in [-0.1, -0.05) is 43.0 Å². The molecule has 3 heterocycles. The van der Waals surface area contributed by atoms with Gasteiger partial charge in [0.15, 0.2) is 0 Å². The lowest BCUT2D eigenvalue weighted by molar-refractivity contribution is -0.141. The summed E-state index contributed by atoms with van der Waals surface area (Å²) in [5, 5.41) is 6.68. The summed E-state index contributed by atoms with van der Waals surface area (Å²) in [4.78, 5) is 42.6. The predicted molar refractivity (Wildman–Crippen MR) is 135 cm³/mol. The van der Waals surface area contributed by atoms with Gasteiger partial charge in [-0.25, -0.2) is 0 Å². The highest BCUT2D eigenvalue weighted by Gasteiger charge is 2.72. The number of amides is 3. The standard InChI is InChI=1S/C27H34ClN3O5/c1-2-35-16-6-15-31-23(25(33)30-18-7-4-3-5-8-18)27-14-13-20(36-27)21(22(27)26(31)34)24(32)29-19-11-9-17(28)10-12-19/h9-14,18,20-23H,2-8,15-16H2,1H3,(H,29,32)(H,30,33)/t20-,21-,22-,23+,27+/m1/s1. The Morgan fingerprint density at radius 2 is 1.92 bits per heavy atom. The molecular formula is C27H34ClN3O5. The molecule has 1 aromatic rings. The number of halogens is 1. The molecule has 0 aromatic heterocycles. The fourth-order valence-corrected chi connectivity index (χ4v) is 6.40. The Bertz CT molecular complexity index is 1020. The Hall–Kier alpha value is -2.42. The van der Waals surface area contributed by atoms with Crippen molar-refractivity contribution < 1.29 is 23.9 Å². The van der Waals surface area contributed by atoms with Crippen molar-refractivity contribution in [3.8, 4) is 0 Å². The maximum Gasteiger partial charge on any atom is 0.246 e. The molecular weight excluding hydrogens is 482 g/mol. The van der Waals surface area contributed by atoms with E-state index in [2.05, 4.69) is 10.6 Å². The topological polar surface area (TPSA) is 97.0 Å². The summed E-state index contributed by atoms with van der Waals surface area (Å²) < 4.78 is 11.9. The van der Waals surface area contributed by atoms with E-state index < -0.39 is 29.6 Å². The molecule has 1 aliphatic carbocycles. The Morgan fingerprint density at radius 3 is 2.64 bits per heavy atom. The lowest BCUT2D eigenvalue weighted by Gasteiger charge is -2.34. The van der Waals surface area contributed by atoms with Crippen LogP contribution < -0.4 is 10.6 Å². The maximum absolute atomic E-state index is 13.8. The minimum absolute atomic E-state index is 0.105. The van der Waals surface area contributed by atoms with Gasteiger partial charge in [0, 0.05) is 36.5 Å². The van der Waals surface area contributed by atoms with Gasteiger partial charge in [0.05, 0.1) is 17.9 Å². The molecule has 4 aliphatic rings. The summed E-state index contributed by atoms with van der Waals surface area (Å²) in [6, 6.07) is 6.12. The fraction of sp³-hybridized carbons (Fsp3) is 0.593. The number of nitrogens with one attached hydrogen (secondary N) is 2. The first-order chi connectivity index (χ1) is 17.4. The normalized spacial score (nSPS) is 31.1. The maximum atomic E-state index is 13.8. The molecule has 9 heteroatoms. The number of carbonyl (C=O) groups excluding carboxylic acids is 3. The summed E-state index contributed by atoms with van der Waals surface area (Å²) in [6.45, 7) is 3.38. The van der Waals surface area contributed by atoms with Crippen molar-refractivity contribution in [2.45, 2.75) is 69.2 Å². The van der Waals surface area contributed by atoms with Gasteiger partial charge in [0.1, 0.15) is 11.6 Å². The van der Waals surface area contributed by atoms with Crippen LogP contribution in [0.1, 0.15) is 45.4 Å². The van der Waals surface area contributed by atoms with Crippen LogP contribution in [-0.4, -0.2) is 66.2 Å². The second kappa shape index (κ2) is 10.5. The number of anilines is 1. The quantitative estimate of drug-likeness (QED) is 0.388. The Balaban J connectivity index is 1.40. The first kappa shape index (κ1) is 25.2. The van der Waals surface area contributed by atoms with E-state index in [4.69, 9.17) is 21.1 Å². The van der Waals surface area contributed by atoms with E-state index in [1.54, 1.807) is 29.2 Å². The zero-order valence-electron chi connectivity index (χ0n) is 20.6. The highest BCUT2D eigenvalue weighted by Crippen LogP contribution is 2.55. The molecule has 1 spiro atoms. The van der Waals surface area contributed by atoms with E-state index in [1.165, 1.54) is 6.42 Å². The van der Waals surface area contributed by atoms with Gasteiger partial charge < -0.3 is 25.0 Å². The summed E-state index contributed by atoms with van der Waals surface area (Å²) in [5.74, 6) is -2.18. The Morgan fingerprint density at radius 1 is 1.17 bits per heavy atom. The van der Waals surface area contributed by atoms with Gasteiger partial charge in [0.2, 0.25) is 17.7 Å². The Labute approximate surface area is 216 Å². The number of hydrogen-bond acceptors (Lipinski definition) is 5. The van der Waals surface area contributed by atoms with Crippen LogP contribution in [0.5, 0.6) is 0 Å². The zero-order valence-corrected chi connectivity index (χ0v) is 21.3. The molecule has 0 unspecified atom stereocenters. The minimum Gasteiger partial charge on any atom is -0.382 e. The molecule has 8 nitrogen and oxygen atoms in total. The number of nitrogens with zero attached hydrogens (tertiary/aromatic N) is 1. The van der Waals surface area contributed by atoms with E-state index in [-0.39, 0.29) is 23.8 Å². The molecule has 2 saturated heterocycles. The van der Waals surface area contributed by atoms with Crippen LogP contribution in [-0.2, 0) is 23.9 Å². The number of likely N-dealkylation sites (tertiary alicyclic amines) is 1. The van der Waals surface area contributed by atoms with Crippen molar-refractivity contribution in [2.75, 3.05) is 25.1 Å². The van der Waals surface area contributed by atoms with Crippen LogP contribution in [0.15, 0.2) is 36.4 Å². The van der Waals surface area contributed by atoms with Gasteiger partial charge in [-0.05, 0) is 50.5 Å². The van der Waals surface area contributed by atoms with Crippen LogP contribution in [0.25, 0.3) is 0 Å². The van der Waals surface area contributed by atoms with Crippen LogP contribution in [0.2, 0.25) is 5.02 Å². The second-order valence-electron chi connectivity index (χ2n) is 10.1. The van der Waals surface area contributed by atoms with Crippen molar-refractivity contribution >= 4 is 35.0 Å². The average Bonchev–Trinajstić information content (AvgIpc) is 3.51. The molecule has 36 heavy (non-hydrogen) atoms. The monoisotopic (exact) mass is 515 g/mol. The first-order valence-corrected chi connectivity index (χ1v) is 13.4. The van der Waals surface area contributed by atoms with Crippen molar-refractivity contribution in [1.82, 2.24) is 10.2 Å². The number of benzene rings is 1. The lowest BCUT2D eigenvalue weighted by Crippen LogP contribution is -2.56. The number of ether oxygens (including phenoxy) is 2. The highest BCUT2D eigenvalue weighted by molar-refractivity contribution is 6.30. The highest BCUT2D eigenvalue weighted by atomic mass is 35.5. The van der Waals surface area contributed by atoms with Crippen molar-refractivity contribution in [3.63, 3.8) is 0 Å². The largest absolute Gasteiger partial charge is 0.382 e. The molecule has 2 bridgehead atoms. The summed E-state index contributed by atoms with van der Waals surface area (Å²) in [6.07, 6.45) is 8.98. The van der Waals surface area contributed by atoms with E-state index >= 15 is 0 Å². The number of hydrogen-bond donors (Lipinski definition) is 2. The van der Waals surface area contributed by atoms with Crippen LogP contribution in [0, 0.1) is 11.8 Å². The SMILES string of the molecule is CCOCCCN1C(=O)[C@H]2[C@H](C(=O)Nc3ccc(Cl)cc3)[C@H]3C=C[C@@]2(O3)[C@@H]1C(=O)NC1CCCCC1. The van der Waals surface area contributed by atoms with Gasteiger partial charge in [-0.2, -0.15) is 0 Å².